The van der Waals surface area contributed by atoms with Crippen LogP contribution in [-0.4, -0.2) is 81.9 Å². The van der Waals surface area contributed by atoms with Gasteiger partial charge in [0.05, 0.1) is 28.5 Å². The molecule has 0 radical (unpaired) electrons. The fourth-order valence-corrected chi connectivity index (χ4v) is 10.8. The summed E-state index contributed by atoms with van der Waals surface area (Å²) in [6, 6.07) is 17.0. The van der Waals surface area contributed by atoms with Crippen LogP contribution >= 0.6 is 7.60 Å². The number of aryl methyl sites for hydroxylation is 4. The second kappa shape index (κ2) is 20.3. The minimum Gasteiger partial charge on any atom is -0.370 e. The Bertz CT molecular complexity index is 3300. The molecule has 20 nitrogen and oxygen atoms in total. The maximum atomic E-state index is 14.8. The lowest BCUT2D eigenvalue weighted by molar-refractivity contribution is -0.135. The average Bonchev–Trinajstić information content (AvgIpc) is 4.01. The van der Waals surface area contributed by atoms with Crippen molar-refractivity contribution in [3.8, 4) is 0 Å². The highest BCUT2D eigenvalue weighted by molar-refractivity contribution is 7.70. The van der Waals surface area contributed by atoms with Gasteiger partial charge in [-0.25, -0.2) is 4.79 Å². The number of carbonyl (C=O) groups excluding carboxylic acids is 7. The van der Waals surface area contributed by atoms with Crippen molar-refractivity contribution in [1.82, 2.24) is 35.1 Å². The molecular formula is C51H54N9O11P. The van der Waals surface area contributed by atoms with E-state index in [0.717, 1.165) is 66.3 Å². The van der Waals surface area contributed by atoms with Crippen LogP contribution in [0.25, 0.3) is 21.9 Å². The number of nitrogens with one attached hydrogen (secondary N) is 4. The summed E-state index contributed by atoms with van der Waals surface area (Å²) in [6.07, 6.45) is 8.14. The Balaban J connectivity index is 0.898. The Hall–Kier alpha value is -7.54. The van der Waals surface area contributed by atoms with E-state index in [1.165, 1.54) is 38.3 Å². The molecule has 3 aromatic carbocycles. The van der Waals surface area contributed by atoms with Gasteiger partial charge >= 0.3 is 13.3 Å². The molecule has 3 aliphatic heterocycles. The lowest BCUT2D eigenvalue weighted by Gasteiger charge is -2.29. The zero-order valence-electron chi connectivity index (χ0n) is 39.4. The second-order valence-electron chi connectivity index (χ2n) is 18.8. The zero-order valence-corrected chi connectivity index (χ0v) is 40.3. The molecule has 4 atom stereocenters. The van der Waals surface area contributed by atoms with E-state index in [9.17, 15) is 52.7 Å². The van der Waals surface area contributed by atoms with Crippen LogP contribution in [0.5, 0.6) is 0 Å². The van der Waals surface area contributed by atoms with Crippen molar-refractivity contribution in [1.29, 1.82) is 0 Å². The lowest BCUT2D eigenvalue weighted by atomic mass is 9.95. The van der Waals surface area contributed by atoms with Crippen LogP contribution in [0.3, 0.4) is 0 Å². The number of H-pyrrole nitrogens is 1. The first-order valence-electron chi connectivity index (χ1n) is 24.0. The first-order valence-corrected chi connectivity index (χ1v) is 25.6. The highest BCUT2D eigenvalue weighted by Gasteiger charge is 2.45. The third kappa shape index (κ3) is 10.2. The van der Waals surface area contributed by atoms with E-state index in [-0.39, 0.29) is 61.4 Å². The van der Waals surface area contributed by atoms with Gasteiger partial charge in [0.25, 0.3) is 11.4 Å². The predicted molar refractivity (Wildman–Crippen MR) is 264 cm³/mol. The number of nitrogens with zero attached hydrogens (tertiary/aromatic N) is 4. The summed E-state index contributed by atoms with van der Waals surface area (Å²) in [7, 11) is -3.38. The highest BCUT2D eigenvalue weighted by Crippen LogP contribution is 2.42. The standard InChI is InChI=1S/C51H54N9O11P/c1-58-41-24-28(11-17-39(41)59(51(58)68)40-18-20-44(62)57-47(40)64)8-4-2-3-5-9-29-22-30-12-15-37(56-46(63)38-26-32-25-31(13-14-34(32)54-38)50(67)72(69,70)71)49(66)60-42(27-33(23-29)45(30)60)48(65)55-36(16-19-43(52)61)35-10-6-7-21-53-35/h6-7,10-11,13-14,17,21-26,36-37,40,42,54H,2-5,8-9,12,15-16,18-20,27H2,1H3,(H2,52,61)(H,55,65)(H,56,63)(H,57,62,64)(H2,69,70,71)/t36-,37-,40?,42-/m0/s1. The monoisotopic (exact) mass is 999 g/mol. The van der Waals surface area contributed by atoms with Gasteiger partial charge in [0.15, 0.2) is 0 Å². The average molecular weight is 1000 g/mol. The predicted octanol–water partition coefficient (Wildman–Crippen LogP) is 3.98. The Kier molecular flexibility index (Phi) is 13.9. The number of nitrogens with two attached hydrogens (primary N) is 1. The van der Waals surface area contributed by atoms with Crippen molar-refractivity contribution >= 4 is 76.2 Å². The summed E-state index contributed by atoms with van der Waals surface area (Å²) >= 11 is 0. The lowest BCUT2D eigenvalue weighted by Crippen LogP contribution is -2.54. The number of imide groups is 1. The molecule has 6 amide bonds. The molecule has 8 N–H and O–H groups in total. The number of aromatic nitrogens is 4. The number of carbonyl (C=O) groups is 7. The second-order valence-corrected chi connectivity index (χ2v) is 20.3. The SMILES string of the molecule is Cn1c(=O)n(C2CCC(=O)NC2=O)c2ccc(CCCCCCc3cc4c5c(c3)C[C@@H](C(=O)N[C@@H](CCC(N)=O)c3ccccn3)N5C(=O)[C@@H](NC(=O)c3cc5cc(C(=O)P(=O)(O)O)ccc5[nH]3)CC4)cc21. The number of aromatic amines is 1. The van der Waals surface area contributed by atoms with Gasteiger partial charge in [-0.2, -0.15) is 0 Å². The fourth-order valence-electron chi connectivity index (χ4n) is 10.3. The van der Waals surface area contributed by atoms with Crippen molar-refractivity contribution < 1.29 is 47.9 Å². The van der Waals surface area contributed by atoms with Crippen LogP contribution in [-0.2, 0) is 61.3 Å². The first-order chi connectivity index (χ1) is 34.4. The maximum Gasteiger partial charge on any atom is 0.396 e. The van der Waals surface area contributed by atoms with E-state index in [4.69, 9.17) is 5.73 Å². The number of hydrogen-bond acceptors (Lipinski definition) is 10. The van der Waals surface area contributed by atoms with Crippen LogP contribution in [0, 0.1) is 0 Å². The molecule has 374 valence electrons. The number of piperidine rings is 1. The molecule has 1 unspecified atom stereocenters. The van der Waals surface area contributed by atoms with Crippen molar-refractivity contribution in [3.05, 3.63) is 129 Å². The number of anilines is 1. The van der Waals surface area contributed by atoms with Gasteiger partial charge in [-0.1, -0.05) is 37.1 Å². The van der Waals surface area contributed by atoms with Crippen LogP contribution < -0.4 is 32.3 Å². The van der Waals surface area contributed by atoms with Crippen LogP contribution in [0.2, 0.25) is 0 Å². The van der Waals surface area contributed by atoms with E-state index >= 15 is 0 Å². The number of hydrogen-bond donors (Lipinski definition) is 7. The van der Waals surface area contributed by atoms with E-state index in [1.54, 1.807) is 31.4 Å². The molecule has 0 aliphatic carbocycles. The smallest absolute Gasteiger partial charge is 0.370 e. The minimum absolute atomic E-state index is 0.0213. The van der Waals surface area contributed by atoms with Crippen LogP contribution in [0.15, 0.2) is 83.8 Å². The Labute approximate surface area is 411 Å². The van der Waals surface area contributed by atoms with Crippen LogP contribution in [0.1, 0.15) is 119 Å². The molecule has 3 aliphatic rings. The molecule has 3 aromatic heterocycles. The normalized spacial score (nSPS) is 18.2. The van der Waals surface area contributed by atoms with Gasteiger partial charge in [0.2, 0.25) is 29.5 Å². The molecule has 1 saturated heterocycles. The van der Waals surface area contributed by atoms with Gasteiger partial charge in [-0.05, 0) is 122 Å². The number of primary amides is 1. The largest absolute Gasteiger partial charge is 0.396 e. The number of rotatable bonds is 18. The van der Waals surface area contributed by atoms with Crippen molar-refractivity contribution in [3.63, 3.8) is 0 Å². The van der Waals surface area contributed by atoms with Gasteiger partial charge in [-0.3, -0.25) is 62.5 Å². The number of imidazole rings is 1. The molecule has 6 aromatic rings. The topological polar surface area (TPSA) is 298 Å². The van der Waals surface area contributed by atoms with E-state index < -0.39 is 66.8 Å². The Morgan fingerprint density at radius 3 is 2.36 bits per heavy atom. The minimum atomic E-state index is -5.06. The van der Waals surface area contributed by atoms with Gasteiger partial charge in [0.1, 0.15) is 23.8 Å². The Morgan fingerprint density at radius 2 is 1.64 bits per heavy atom. The van der Waals surface area contributed by atoms with Gasteiger partial charge < -0.3 is 31.1 Å². The molecule has 0 spiro atoms. The number of unbranched alkanes of at least 4 members (excludes halogenated alkanes) is 3. The molecule has 72 heavy (non-hydrogen) atoms. The molecular weight excluding hydrogens is 946 g/mol. The molecule has 6 heterocycles. The number of fused-ring (bicyclic) bond motifs is 2. The van der Waals surface area contributed by atoms with Crippen LogP contribution in [0.4, 0.5) is 5.69 Å². The third-order valence-electron chi connectivity index (χ3n) is 13.9. The summed E-state index contributed by atoms with van der Waals surface area (Å²) in [4.78, 5) is 133. The van der Waals surface area contributed by atoms with Crippen molar-refractivity contribution in [2.75, 3.05) is 4.90 Å². The summed E-state index contributed by atoms with van der Waals surface area (Å²) < 4.78 is 14.6. The quantitative estimate of drug-likeness (QED) is 0.0366. The van der Waals surface area contributed by atoms with Crippen molar-refractivity contribution in [2.45, 2.75) is 108 Å². The highest BCUT2D eigenvalue weighted by atomic mass is 31.2. The van der Waals surface area contributed by atoms with E-state index in [0.29, 0.717) is 34.2 Å². The van der Waals surface area contributed by atoms with Gasteiger partial charge in [-0.15, -0.1) is 0 Å². The molecule has 0 bridgehead atoms. The van der Waals surface area contributed by atoms with E-state index in [2.05, 4.69) is 32.0 Å². The molecule has 21 heteroatoms. The Morgan fingerprint density at radius 1 is 0.875 bits per heavy atom. The van der Waals surface area contributed by atoms with E-state index in [1.807, 2.05) is 24.3 Å². The first kappa shape index (κ1) is 49.4. The summed E-state index contributed by atoms with van der Waals surface area (Å²) in [5.74, 6) is -2.96. The summed E-state index contributed by atoms with van der Waals surface area (Å²) in [5.41, 5.74) is 10.4. The fraction of sp³-hybridized carbons (Fsp3) is 0.353. The van der Waals surface area contributed by atoms with Gasteiger partial charge in [0, 0.05) is 49.0 Å². The third-order valence-corrected chi connectivity index (χ3v) is 14.7. The van der Waals surface area contributed by atoms with Crippen molar-refractivity contribution in [2.24, 2.45) is 12.8 Å². The maximum absolute atomic E-state index is 14.8. The number of benzene rings is 3. The summed E-state index contributed by atoms with van der Waals surface area (Å²) in [6.45, 7) is 0. The molecule has 9 rings (SSSR count). The molecule has 0 saturated carbocycles. The summed E-state index contributed by atoms with van der Waals surface area (Å²) in [5, 5.41) is 8.58. The number of pyridine rings is 1. The number of amides is 6. The molecule has 1 fully saturated rings. The zero-order chi connectivity index (χ0) is 51.0.